The molecule has 1 aliphatic heterocycles. The summed E-state index contributed by atoms with van der Waals surface area (Å²) in [7, 11) is 0. The molecule has 2 aromatic rings. The minimum atomic E-state index is -0.791. The first kappa shape index (κ1) is 12.1. The summed E-state index contributed by atoms with van der Waals surface area (Å²) in [6, 6.07) is 3.47. The van der Waals surface area contributed by atoms with Crippen LogP contribution in [0.1, 0.15) is 12.8 Å². The second-order valence-corrected chi connectivity index (χ2v) is 5.38. The molecule has 3 heterocycles. The number of anilines is 1. The van der Waals surface area contributed by atoms with Crippen LogP contribution in [-0.4, -0.2) is 33.6 Å². The molecule has 2 aromatic heterocycles. The van der Waals surface area contributed by atoms with E-state index in [1.54, 1.807) is 23.7 Å². The van der Waals surface area contributed by atoms with Gasteiger partial charge in [0.2, 0.25) is 0 Å². The van der Waals surface area contributed by atoms with Gasteiger partial charge in [-0.2, -0.15) is 0 Å². The maximum atomic E-state index is 11.2. The fraction of sp³-hybridized carbons (Fsp3) is 0.308. The van der Waals surface area contributed by atoms with Crippen LogP contribution in [0.15, 0.2) is 29.9 Å². The molecule has 0 aromatic carbocycles. The minimum Gasteiger partial charge on any atom is -0.480 e. The average Bonchev–Trinajstić information content (AvgIpc) is 3.10. The summed E-state index contributed by atoms with van der Waals surface area (Å²) in [4.78, 5) is 22.8. The molecular formula is C13H13N3O2S. The van der Waals surface area contributed by atoms with Gasteiger partial charge in [0.1, 0.15) is 17.6 Å². The zero-order valence-electron chi connectivity index (χ0n) is 10.2. The van der Waals surface area contributed by atoms with E-state index in [-0.39, 0.29) is 0 Å². The molecule has 98 valence electrons. The predicted octanol–water partition coefficient (Wildman–Crippen LogP) is 2.26. The van der Waals surface area contributed by atoms with Crippen LogP contribution in [0.4, 0.5) is 5.82 Å². The molecule has 0 bridgehead atoms. The number of hydrogen-bond acceptors (Lipinski definition) is 5. The first-order chi connectivity index (χ1) is 9.25. The maximum Gasteiger partial charge on any atom is 0.326 e. The number of aromatic nitrogens is 2. The van der Waals surface area contributed by atoms with Gasteiger partial charge in [-0.15, -0.1) is 11.3 Å². The number of carboxylic acid groups (broad SMARTS) is 1. The lowest BCUT2D eigenvalue weighted by Crippen LogP contribution is -2.36. The number of carboxylic acids is 1. The van der Waals surface area contributed by atoms with Crippen LogP contribution in [0.3, 0.4) is 0 Å². The minimum absolute atomic E-state index is 0.479. The molecule has 5 nitrogen and oxygen atoms in total. The number of thiophene rings is 1. The number of rotatable bonds is 3. The molecule has 0 spiro atoms. The van der Waals surface area contributed by atoms with Gasteiger partial charge in [-0.3, -0.25) is 4.98 Å². The van der Waals surface area contributed by atoms with Gasteiger partial charge in [0, 0.05) is 6.54 Å². The highest BCUT2D eigenvalue weighted by atomic mass is 32.1. The van der Waals surface area contributed by atoms with E-state index >= 15 is 0 Å². The van der Waals surface area contributed by atoms with Crippen LogP contribution in [0.5, 0.6) is 0 Å². The first-order valence-corrected chi connectivity index (χ1v) is 6.99. The molecule has 19 heavy (non-hydrogen) atoms. The zero-order valence-corrected chi connectivity index (χ0v) is 11.0. The average molecular weight is 275 g/mol. The first-order valence-electron chi connectivity index (χ1n) is 6.11. The lowest BCUT2D eigenvalue weighted by atomic mass is 10.2. The van der Waals surface area contributed by atoms with Gasteiger partial charge < -0.3 is 10.0 Å². The van der Waals surface area contributed by atoms with Crippen molar-refractivity contribution in [1.29, 1.82) is 0 Å². The van der Waals surface area contributed by atoms with E-state index in [4.69, 9.17) is 0 Å². The summed E-state index contributed by atoms with van der Waals surface area (Å²) in [5, 5.41) is 11.2. The van der Waals surface area contributed by atoms with Crippen LogP contribution in [0.25, 0.3) is 10.6 Å². The Morgan fingerprint density at radius 3 is 3.11 bits per heavy atom. The Kier molecular flexibility index (Phi) is 3.16. The Balaban J connectivity index is 1.93. The third-order valence-electron chi connectivity index (χ3n) is 3.23. The molecule has 0 saturated carbocycles. The fourth-order valence-corrected chi connectivity index (χ4v) is 3.01. The Morgan fingerprint density at radius 1 is 1.47 bits per heavy atom. The number of aliphatic carboxylic acids is 1. The van der Waals surface area contributed by atoms with E-state index in [0.29, 0.717) is 12.2 Å². The molecular weight excluding hydrogens is 262 g/mol. The summed E-state index contributed by atoms with van der Waals surface area (Å²) in [5.41, 5.74) is 0.795. The van der Waals surface area contributed by atoms with Crippen molar-refractivity contribution in [2.24, 2.45) is 0 Å². The molecule has 1 aliphatic rings. The highest BCUT2D eigenvalue weighted by Crippen LogP contribution is 2.27. The molecule has 1 N–H and O–H groups in total. The standard InChI is InChI=1S/C13H13N3O2S/c17-13(18)10-3-1-5-16(10)12-8-14-7-9(15-12)11-4-2-6-19-11/h2,4,6-8,10H,1,3,5H2,(H,17,18)/t10-/m0/s1. The molecule has 1 atom stereocenters. The molecule has 0 aliphatic carbocycles. The fourth-order valence-electron chi connectivity index (χ4n) is 2.33. The van der Waals surface area contributed by atoms with E-state index in [9.17, 15) is 9.90 Å². The van der Waals surface area contributed by atoms with E-state index in [0.717, 1.165) is 23.5 Å². The van der Waals surface area contributed by atoms with Crippen molar-refractivity contribution in [3.8, 4) is 10.6 Å². The van der Waals surface area contributed by atoms with Gasteiger partial charge in [-0.05, 0) is 24.3 Å². The topological polar surface area (TPSA) is 66.3 Å². The Morgan fingerprint density at radius 2 is 2.37 bits per heavy atom. The third kappa shape index (κ3) is 2.31. The van der Waals surface area contributed by atoms with Gasteiger partial charge in [0.15, 0.2) is 0 Å². The van der Waals surface area contributed by atoms with Crippen molar-refractivity contribution in [1.82, 2.24) is 9.97 Å². The second kappa shape index (κ2) is 4.97. The molecule has 6 heteroatoms. The highest BCUT2D eigenvalue weighted by molar-refractivity contribution is 7.13. The third-order valence-corrected chi connectivity index (χ3v) is 4.12. The quantitative estimate of drug-likeness (QED) is 0.930. The van der Waals surface area contributed by atoms with Crippen LogP contribution in [-0.2, 0) is 4.79 Å². The lowest BCUT2D eigenvalue weighted by Gasteiger charge is -2.22. The van der Waals surface area contributed by atoms with E-state index in [1.807, 2.05) is 22.4 Å². The number of carbonyl (C=O) groups is 1. The smallest absolute Gasteiger partial charge is 0.326 e. The predicted molar refractivity (Wildman–Crippen MR) is 73.3 cm³/mol. The Labute approximate surface area is 114 Å². The number of hydrogen-bond donors (Lipinski definition) is 1. The summed E-state index contributed by atoms with van der Waals surface area (Å²) in [6.07, 6.45) is 4.89. The van der Waals surface area contributed by atoms with Gasteiger partial charge in [-0.1, -0.05) is 6.07 Å². The lowest BCUT2D eigenvalue weighted by molar-refractivity contribution is -0.138. The summed E-state index contributed by atoms with van der Waals surface area (Å²) in [6.45, 7) is 0.722. The normalized spacial score (nSPS) is 18.7. The Bertz CT molecular complexity index is 585. The largest absolute Gasteiger partial charge is 0.480 e. The maximum absolute atomic E-state index is 11.2. The van der Waals surface area contributed by atoms with Crippen molar-refractivity contribution in [3.05, 3.63) is 29.9 Å². The summed E-state index contributed by atoms with van der Waals surface area (Å²) >= 11 is 1.60. The van der Waals surface area contributed by atoms with Crippen LogP contribution in [0, 0.1) is 0 Å². The molecule has 0 amide bonds. The van der Waals surface area contributed by atoms with Gasteiger partial charge >= 0.3 is 5.97 Å². The van der Waals surface area contributed by atoms with Crippen molar-refractivity contribution in [3.63, 3.8) is 0 Å². The van der Waals surface area contributed by atoms with Crippen molar-refractivity contribution >= 4 is 23.1 Å². The SMILES string of the molecule is O=C(O)[C@@H]1CCCN1c1cncc(-c2cccs2)n1. The summed E-state index contributed by atoms with van der Waals surface area (Å²) < 4.78 is 0. The molecule has 0 radical (unpaired) electrons. The van der Waals surface area contributed by atoms with E-state index in [1.165, 1.54) is 0 Å². The van der Waals surface area contributed by atoms with Crippen LogP contribution >= 0.6 is 11.3 Å². The van der Waals surface area contributed by atoms with E-state index < -0.39 is 12.0 Å². The Hall–Kier alpha value is -1.95. The molecule has 1 fully saturated rings. The second-order valence-electron chi connectivity index (χ2n) is 4.43. The van der Waals surface area contributed by atoms with Crippen LogP contribution in [0.2, 0.25) is 0 Å². The van der Waals surface area contributed by atoms with Crippen molar-refractivity contribution in [2.75, 3.05) is 11.4 Å². The van der Waals surface area contributed by atoms with E-state index in [2.05, 4.69) is 9.97 Å². The zero-order chi connectivity index (χ0) is 13.2. The van der Waals surface area contributed by atoms with Gasteiger partial charge in [0.05, 0.1) is 17.3 Å². The molecule has 0 unspecified atom stereocenters. The highest BCUT2D eigenvalue weighted by Gasteiger charge is 2.31. The molecule has 1 saturated heterocycles. The van der Waals surface area contributed by atoms with Crippen LogP contribution < -0.4 is 4.90 Å². The molecule has 3 rings (SSSR count). The monoisotopic (exact) mass is 275 g/mol. The van der Waals surface area contributed by atoms with Crippen molar-refractivity contribution < 1.29 is 9.90 Å². The van der Waals surface area contributed by atoms with Gasteiger partial charge in [-0.25, -0.2) is 9.78 Å². The number of nitrogens with zero attached hydrogens (tertiary/aromatic N) is 3. The van der Waals surface area contributed by atoms with Crippen molar-refractivity contribution in [2.45, 2.75) is 18.9 Å². The summed E-state index contributed by atoms with van der Waals surface area (Å²) in [5.74, 6) is -0.142. The van der Waals surface area contributed by atoms with Gasteiger partial charge in [0.25, 0.3) is 0 Å².